The van der Waals surface area contributed by atoms with Crippen molar-refractivity contribution in [1.82, 2.24) is 10.2 Å². The first-order valence-corrected chi connectivity index (χ1v) is 8.18. The molecule has 1 rings (SSSR count). The molecule has 1 fully saturated rings. The number of imide groups is 1. The van der Waals surface area contributed by atoms with Gasteiger partial charge in [-0.3, -0.25) is 14.5 Å². The topological polar surface area (TPSA) is 58.6 Å². The summed E-state index contributed by atoms with van der Waals surface area (Å²) in [4.78, 5) is 25.7. The number of hydrogen-bond donors (Lipinski definition) is 1. The summed E-state index contributed by atoms with van der Waals surface area (Å²) >= 11 is 0. The summed E-state index contributed by atoms with van der Waals surface area (Å²) in [6, 6.07) is -0.328. The van der Waals surface area contributed by atoms with Gasteiger partial charge in [-0.2, -0.15) is 0 Å². The van der Waals surface area contributed by atoms with Crippen LogP contribution in [0.4, 0.5) is 0 Å². The molecule has 0 radical (unpaired) electrons. The molecule has 0 aromatic rings. The van der Waals surface area contributed by atoms with E-state index in [0.717, 1.165) is 25.9 Å². The lowest BCUT2D eigenvalue weighted by molar-refractivity contribution is -0.141. The van der Waals surface area contributed by atoms with Gasteiger partial charge < -0.3 is 10.1 Å². The number of ether oxygens (including phenoxy) is 1. The minimum atomic E-state index is -0.369. The summed E-state index contributed by atoms with van der Waals surface area (Å²) < 4.78 is 5.51. The van der Waals surface area contributed by atoms with Gasteiger partial charge in [-0.15, -0.1) is 0 Å². The number of likely N-dealkylation sites (tertiary alicyclic amines) is 1. The molecule has 1 atom stereocenters. The fourth-order valence-electron chi connectivity index (χ4n) is 2.57. The van der Waals surface area contributed by atoms with Gasteiger partial charge in [0.2, 0.25) is 11.8 Å². The van der Waals surface area contributed by atoms with Crippen LogP contribution < -0.4 is 5.32 Å². The molecule has 1 aliphatic heterocycles. The summed E-state index contributed by atoms with van der Waals surface area (Å²) in [5, 5.41) is 3.15. The van der Waals surface area contributed by atoms with Crippen LogP contribution in [-0.2, 0) is 14.3 Å². The molecule has 0 aromatic heterocycles. The second-order valence-corrected chi connectivity index (χ2v) is 6.08. The van der Waals surface area contributed by atoms with Crippen molar-refractivity contribution >= 4 is 11.8 Å². The minimum absolute atomic E-state index is 0.0408. The van der Waals surface area contributed by atoms with Crippen LogP contribution in [0.25, 0.3) is 0 Å². The molecule has 1 unspecified atom stereocenters. The van der Waals surface area contributed by atoms with Crippen LogP contribution in [0, 0.1) is 5.92 Å². The highest BCUT2D eigenvalue weighted by molar-refractivity contribution is 6.05. The molecule has 0 aromatic carbocycles. The lowest BCUT2D eigenvalue weighted by atomic mass is 10.1. The quantitative estimate of drug-likeness (QED) is 0.495. The monoisotopic (exact) mass is 298 g/mol. The number of amides is 2. The Morgan fingerprint density at radius 3 is 2.48 bits per heavy atom. The van der Waals surface area contributed by atoms with Crippen LogP contribution in [-0.4, -0.2) is 48.6 Å². The smallest absolute Gasteiger partial charge is 0.247 e. The van der Waals surface area contributed by atoms with E-state index < -0.39 is 0 Å². The van der Waals surface area contributed by atoms with E-state index in [2.05, 4.69) is 19.2 Å². The molecule has 1 heterocycles. The number of carbonyl (C=O) groups is 2. The van der Waals surface area contributed by atoms with Crippen molar-refractivity contribution in [3.63, 3.8) is 0 Å². The Bertz CT molecular complexity index is 340. The second-order valence-electron chi connectivity index (χ2n) is 6.08. The Hall–Kier alpha value is -0.940. The predicted octanol–water partition coefficient (Wildman–Crippen LogP) is 1.95. The van der Waals surface area contributed by atoms with Crippen molar-refractivity contribution in [2.75, 3.05) is 19.8 Å². The maximum absolute atomic E-state index is 12.3. The zero-order chi connectivity index (χ0) is 15.8. The molecular weight excluding hydrogens is 268 g/mol. The Kier molecular flexibility index (Phi) is 7.89. The summed E-state index contributed by atoms with van der Waals surface area (Å²) in [6.45, 7) is 10.3. The van der Waals surface area contributed by atoms with Gasteiger partial charge in [-0.25, -0.2) is 0 Å². The molecule has 1 saturated heterocycles. The molecule has 1 N–H and O–H groups in total. The number of nitrogens with zero attached hydrogens (tertiary/aromatic N) is 1. The van der Waals surface area contributed by atoms with Crippen LogP contribution in [0.2, 0.25) is 0 Å². The van der Waals surface area contributed by atoms with E-state index >= 15 is 0 Å². The van der Waals surface area contributed by atoms with Crippen LogP contribution in [0.1, 0.15) is 53.4 Å². The lowest BCUT2D eigenvalue weighted by Gasteiger charge is -2.24. The number of carbonyl (C=O) groups excluding carboxylic acids is 2. The lowest BCUT2D eigenvalue weighted by Crippen LogP contribution is -2.44. The average Bonchev–Trinajstić information content (AvgIpc) is 2.71. The van der Waals surface area contributed by atoms with Gasteiger partial charge in [-0.1, -0.05) is 27.7 Å². The van der Waals surface area contributed by atoms with Crippen molar-refractivity contribution < 1.29 is 14.3 Å². The predicted molar refractivity (Wildman–Crippen MR) is 82.9 cm³/mol. The zero-order valence-corrected chi connectivity index (χ0v) is 13.9. The molecule has 122 valence electrons. The SMILES string of the molecule is CCC(CC)N1C(=O)CC(NCCOCCC(C)C)C1=O. The highest BCUT2D eigenvalue weighted by Crippen LogP contribution is 2.19. The van der Waals surface area contributed by atoms with E-state index in [9.17, 15) is 9.59 Å². The Labute approximate surface area is 128 Å². The third-order valence-corrected chi connectivity index (χ3v) is 3.97. The molecule has 0 spiro atoms. The molecule has 0 saturated carbocycles. The second kappa shape index (κ2) is 9.15. The first kappa shape index (κ1) is 18.1. The standard InChI is InChI=1S/C16H30N2O3/c1-5-13(6-2)18-15(19)11-14(16(18)20)17-8-10-21-9-7-12(3)4/h12-14,17H,5-11H2,1-4H3. The van der Waals surface area contributed by atoms with E-state index in [1.807, 2.05) is 13.8 Å². The summed E-state index contributed by atoms with van der Waals surface area (Å²) in [5.41, 5.74) is 0. The summed E-state index contributed by atoms with van der Waals surface area (Å²) in [6.07, 6.45) is 2.96. The van der Waals surface area contributed by atoms with Gasteiger partial charge in [0.15, 0.2) is 0 Å². The molecular formula is C16H30N2O3. The van der Waals surface area contributed by atoms with Crippen molar-refractivity contribution in [3.8, 4) is 0 Å². The van der Waals surface area contributed by atoms with Crippen LogP contribution in [0.3, 0.4) is 0 Å². The number of hydrogen-bond acceptors (Lipinski definition) is 4. The van der Waals surface area contributed by atoms with E-state index in [0.29, 0.717) is 19.1 Å². The third kappa shape index (κ3) is 5.40. The van der Waals surface area contributed by atoms with Gasteiger partial charge in [0.1, 0.15) is 0 Å². The van der Waals surface area contributed by atoms with E-state index in [4.69, 9.17) is 4.74 Å². The Morgan fingerprint density at radius 2 is 1.90 bits per heavy atom. The fourth-order valence-corrected chi connectivity index (χ4v) is 2.57. The molecule has 5 nitrogen and oxygen atoms in total. The molecule has 21 heavy (non-hydrogen) atoms. The molecule has 1 aliphatic rings. The Balaban J connectivity index is 2.31. The van der Waals surface area contributed by atoms with E-state index in [1.54, 1.807) is 0 Å². The van der Waals surface area contributed by atoms with Crippen LogP contribution in [0.15, 0.2) is 0 Å². The highest BCUT2D eigenvalue weighted by atomic mass is 16.5. The summed E-state index contributed by atoms with van der Waals surface area (Å²) in [5.74, 6) is 0.517. The number of rotatable bonds is 10. The molecule has 0 aliphatic carbocycles. The molecule has 0 bridgehead atoms. The average molecular weight is 298 g/mol. The van der Waals surface area contributed by atoms with Crippen molar-refractivity contribution in [3.05, 3.63) is 0 Å². The normalized spacial score (nSPS) is 19.3. The van der Waals surface area contributed by atoms with Crippen LogP contribution >= 0.6 is 0 Å². The third-order valence-electron chi connectivity index (χ3n) is 3.97. The first-order valence-electron chi connectivity index (χ1n) is 8.18. The van der Waals surface area contributed by atoms with E-state index in [1.165, 1.54) is 4.90 Å². The van der Waals surface area contributed by atoms with Crippen molar-refractivity contribution in [1.29, 1.82) is 0 Å². The maximum atomic E-state index is 12.3. The largest absolute Gasteiger partial charge is 0.380 e. The van der Waals surface area contributed by atoms with Gasteiger partial charge in [0.25, 0.3) is 0 Å². The highest BCUT2D eigenvalue weighted by Gasteiger charge is 2.40. The zero-order valence-electron chi connectivity index (χ0n) is 13.9. The van der Waals surface area contributed by atoms with Crippen molar-refractivity contribution in [2.45, 2.75) is 65.5 Å². The van der Waals surface area contributed by atoms with E-state index in [-0.39, 0.29) is 30.3 Å². The fraction of sp³-hybridized carbons (Fsp3) is 0.875. The Morgan fingerprint density at radius 1 is 1.24 bits per heavy atom. The molecule has 5 heteroatoms. The van der Waals surface area contributed by atoms with Gasteiger partial charge in [0, 0.05) is 19.2 Å². The summed E-state index contributed by atoms with van der Waals surface area (Å²) in [7, 11) is 0. The van der Waals surface area contributed by atoms with Gasteiger partial charge >= 0.3 is 0 Å². The first-order chi connectivity index (χ1) is 10.0. The van der Waals surface area contributed by atoms with Gasteiger partial charge in [0.05, 0.1) is 19.1 Å². The number of nitrogens with one attached hydrogen (secondary N) is 1. The molecule has 2 amide bonds. The van der Waals surface area contributed by atoms with Crippen molar-refractivity contribution in [2.24, 2.45) is 5.92 Å². The van der Waals surface area contributed by atoms with Gasteiger partial charge in [-0.05, 0) is 25.2 Å². The van der Waals surface area contributed by atoms with Crippen LogP contribution in [0.5, 0.6) is 0 Å². The minimum Gasteiger partial charge on any atom is -0.380 e. The maximum Gasteiger partial charge on any atom is 0.247 e.